The van der Waals surface area contributed by atoms with Crippen LogP contribution in [-0.2, 0) is 17.6 Å². The SMILES string of the molecule is CN1CCOc2ccccc2CCCCC2(CCN(C(=O)Cc3ccc(F)cc3)CC2)C1. The second-order valence-electron chi connectivity index (χ2n) is 9.59. The highest BCUT2D eigenvalue weighted by Crippen LogP contribution is 2.38. The van der Waals surface area contributed by atoms with Crippen LogP contribution < -0.4 is 4.74 Å². The van der Waals surface area contributed by atoms with Crippen LogP contribution in [0.2, 0.25) is 0 Å². The Morgan fingerprint density at radius 2 is 1.75 bits per heavy atom. The topological polar surface area (TPSA) is 32.8 Å². The van der Waals surface area contributed by atoms with Crippen molar-refractivity contribution in [2.75, 3.05) is 39.8 Å². The first-order valence-corrected chi connectivity index (χ1v) is 11.9. The Morgan fingerprint density at radius 3 is 2.53 bits per heavy atom. The van der Waals surface area contributed by atoms with Crippen LogP contribution in [0.25, 0.3) is 0 Å². The standard InChI is InChI=1S/C27H35FN2O2/c1-29-18-19-32-25-8-3-2-6-23(25)7-4-5-13-27(21-29)14-16-30(17-15-27)26(31)20-22-9-11-24(28)12-10-22/h2-3,6,8-12H,4-5,7,13-21H2,1H3. The van der Waals surface area contributed by atoms with E-state index in [-0.39, 0.29) is 17.1 Å². The molecule has 32 heavy (non-hydrogen) atoms. The lowest BCUT2D eigenvalue weighted by Gasteiger charge is -2.44. The van der Waals surface area contributed by atoms with Crippen LogP contribution in [0.4, 0.5) is 4.39 Å². The van der Waals surface area contributed by atoms with Crippen molar-refractivity contribution in [3.05, 3.63) is 65.5 Å². The van der Waals surface area contributed by atoms with E-state index in [1.807, 2.05) is 4.90 Å². The molecule has 4 rings (SSSR count). The molecule has 0 bridgehead atoms. The van der Waals surface area contributed by atoms with E-state index in [0.717, 1.165) is 56.8 Å². The van der Waals surface area contributed by atoms with Gasteiger partial charge in [0.15, 0.2) is 0 Å². The monoisotopic (exact) mass is 438 g/mol. The molecule has 2 heterocycles. The van der Waals surface area contributed by atoms with Crippen LogP contribution in [0, 0.1) is 11.2 Å². The Kier molecular flexibility index (Phi) is 7.46. The van der Waals surface area contributed by atoms with Gasteiger partial charge in [-0.3, -0.25) is 4.79 Å². The van der Waals surface area contributed by atoms with Crippen molar-refractivity contribution in [3.8, 4) is 5.75 Å². The Balaban J connectivity index is 1.35. The second-order valence-corrected chi connectivity index (χ2v) is 9.59. The fourth-order valence-electron chi connectivity index (χ4n) is 5.24. The van der Waals surface area contributed by atoms with Crippen LogP contribution >= 0.6 is 0 Å². The van der Waals surface area contributed by atoms with Gasteiger partial charge in [0.25, 0.3) is 0 Å². The number of fused-ring (bicyclic) bond motifs is 1. The van der Waals surface area contributed by atoms with Gasteiger partial charge in [0, 0.05) is 26.2 Å². The third-order valence-corrected chi connectivity index (χ3v) is 7.16. The number of carbonyl (C=O) groups is 1. The highest BCUT2D eigenvalue weighted by molar-refractivity contribution is 5.78. The molecule has 0 unspecified atom stereocenters. The van der Waals surface area contributed by atoms with Gasteiger partial charge in [0.2, 0.25) is 5.91 Å². The first-order chi connectivity index (χ1) is 15.5. The van der Waals surface area contributed by atoms with Crippen molar-refractivity contribution in [2.45, 2.75) is 44.9 Å². The number of hydrogen-bond acceptors (Lipinski definition) is 3. The number of rotatable bonds is 2. The predicted molar refractivity (Wildman–Crippen MR) is 125 cm³/mol. The molecule has 5 heteroatoms. The summed E-state index contributed by atoms with van der Waals surface area (Å²) in [6.45, 7) is 4.29. The highest BCUT2D eigenvalue weighted by Gasteiger charge is 2.36. The normalized spacial score (nSPS) is 20.0. The molecule has 0 N–H and O–H groups in total. The van der Waals surface area contributed by atoms with E-state index in [4.69, 9.17) is 4.74 Å². The van der Waals surface area contributed by atoms with Gasteiger partial charge in [-0.15, -0.1) is 0 Å². The largest absolute Gasteiger partial charge is 0.492 e. The molecular formula is C27H35FN2O2. The van der Waals surface area contributed by atoms with Gasteiger partial charge in [-0.2, -0.15) is 0 Å². The zero-order valence-corrected chi connectivity index (χ0v) is 19.2. The Hall–Kier alpha value is -2.40. The smallest absolute Gasteiger partial charge is 0.226 e. The maximum Gasteiger partial charge on any atom is 0.226 e. The van der Waals surface area contributed by atoms with Gasteiger partial charge in [-0.25, -0.2) is 4.39 Å². The molecule has 0 aliphatic carbocycles. The summed E-state index contributed by atoms with van der Waals surface area (Å²) in [5.41, 5.74) is 2.45. The number of nitrogens with zero attached hydrogens (tertiary/aromatic N) is 2. The van der Waals surface area contributed by atoms with Crippen molar-refractivity contribution >= 4 is 5.91 Å². The summed E-state index contributed by atoms with van der Waals surface area (Å²) in [4.78, 5) is 17.2. The summed E-state index contributed by atoms with van der Waals surface area (Å²) in [6.07, 6.45) is 7.08. The molecule has 1 spiro atoms. The van der Waals surface area contributed by atoms with Crippen LogP contribution in [0.1, 0.15) is 43.2 Å². The molecule has 1 saturated heterocycles. The number of likely N-dealkylation sites (tertiary alicyclic amines) is 1. The van der Waals surface area contributed by atoms with Crippen LogP contribution in [0.3, 0.4) is 0 Å². The number of aryl methyl sites for hydroxylation is 1. The number of hydrogen-bond donors (Lipinski definition) is 0. The number of benzene rings is 2. The molecule has 0 atom stereocenters. The van der Waals surface area contributed by atoms with Gasteiger partial charge in [-0.1, -0.05) is 36.8 Å². The third-order valence-electron chi connectivity index (χ3n) is 7.16. The number of likely N-dealkylation sites (N-methyl/N-ethyl adjacent to an activating group) is 1. The summed E-state index contributed by atoms with van der Waals surface area (Å²) >= 11 is 0. The molecule has 0 saturated carbocycles. The van der Waals surface area contributed by atoms with Crippen LogP contribution in [0.5, 0.6) is 5.75 Å². The number of carbonyl (C=O) groups excluding carboxylic acids is 1. The van der Waals surface area contributed by atoms with Crippen molar-refractivity contribution in [2.24, 2.45) is 5.41 Å². The fraction of sp³-hybridized carbons (Fsp3) is 0.519. The number of amides is 1. The van der Waals surface area contributed by atoms with E-state index < -0.39 is 0 Å². The van der Waals surface area contributed by atoms with Gasteiger partial charge < -0.3 is 14.5 Å². The lowest BCUT2D eigenvalue weighted by atomic mass is 9.73. The van der Waals surface area contributed by atoms with Gasteiger partial charge in [0.05, 0.1) is 6.42 Å². The third kappa shape index (κ3) is 5.89. The number of para-hydroxylation sites is 1. The first-order valence-electron chi connectivity index (χ1n) is 11.9. The van der Waals surface area contributed by atoms with Gasteiger partial charge in [0.1, 0.15) is 18.2 Å². The van der Waals surface area contributed by atoms with E-state index in [1.165, 1.54) is 37.0 Å². The fourth-order valence-corrected chi connectivity index (χ4v) is 5.24. The van der Waals surface area contributed by atoms with E-state index in [0.29, 0.717) is 13.0 Å². The highest BCUT2D eigenvalue weighted by atomic mass is 19.1. The molecule has 0 radical (unpaired) electrons. The van der Waals surface area contributed by atoms with Crippen molar-refractivity contribution in [1.29, 1.82) is 0 Å². The van der Waals surface area contributed by atoms with Crippen molar-refractivity contribution in [1.82, 2.24) is 9.80 Å². The van der Waals surface area contributed by atoms with E-state index >= 15 is 0 Å². The number of ether oxygens (including phenoxy) is 1. The maximum atomic E-state index is 13.1. The lowest BCUT2D eigenvalue weighted by Crippen LogP contribution is -2.48. The lowest BCUT2D eigenvalue weighted by molar-refractivity contribution is -0.133. The Labute approximate surface area is 191 Å². The summed E-state index contributed by atoms with van der Waals surface area (Å²) in [6, 6.07) is 14.7. The minimum atomic E-state index is -0.262. The van der Waals surface area contributed by atoms with Crippen LogP contribution in [0.15, 0.2) is 48.5 Å². The van der Waals surface area contributed by atoms with Gasteiger partial charge >= 0.3 is 0 Å². The molecule has 2 aliphatic rings. The summed E-state index contributed by atoms with van der Waals surface area (Å²) in [7, 11) is 2.19. The average molecular weight is 439 g/mol. The second kappa shape index (κ2) is 10.5. The summed E-state index contributed by atoms with van der Waals surface area (Å²) in [5, 5.41) is 0. The van der Waals surface area contributed by atoms with Crippen molar-refractivity contribution in [3.63, 3.8) is 0 Å². The van der Waals surface area contributed by atoms with Crippen molar-refractivity contribution < 1.29 is 13.9 Å². The zero-order chi connectivity index (χ0) is 22.4. The molecule has 1 fully saturated rings. The maximum absolute atomic E-state index is 13.1. The van der Waals surface area contributed by atoms with Crippen LogP contribution in [-0.4, -0.2) is 55.5 Å². The molecule has 2 aromatic carbocycles. The quantitative estimate of drug-likeness (QED) is 0.681. The first kappa shape index (κ1) is 22.8. The number of halogens is 1. The van der Waals surface area contributed by atoms with E-state index in [9.17, 15) is 9.18 Å². The minimum Gasteiger partial charge on any atom is -0.492 e. The Morgan fingerprint density at radius 1 is 1.00 bits per heavy atom. The molecule has 4 nitrogen and oxygen atoms in total. The summed E-state index contributed by atoms with van der Waals surface area (Å²) < 4.78 is 19.2. The molecule has 2 aromatic rings. The van der Waals surface area contributed by atoms with E-state index in [2.05, 4.69) is 36.2 Å². The zero-order valence-electron chi connectivity index (χ0n) is 19.2. The predicted octanol–water partition coefficient (Wildman–Crippen LogP) is 4.71. The molecule has 0 aromatic heterocycles. The molecule has 172 valence electrons. The molecular weight excluding hydrogens is 403 g/mol. The average Bonchev–Trinajstić information content (AvgIpc) is 2.79. The summed E-state index contributed by atoms with van der Waals surface area (Å²) in [5.74, 6) is 0.920. The molecule has 2 aliphatic heterocycles. The minimum absolute atomic E-state index is 0.151. The van der Waals surface area contributed by atoms with Gasteiger partial charge in [-0.05, 0) is 73.9 Å². The van der Waals surface area contributed by atoms with E-state index in [1.54, 1.807) is 12.1 Å². The number of piperidine rings is 1. The Bertz CT molecular complexity index is 891. The molecule has 1 amide bonds.